The number of ether oxygens (including phenoxy) is 1. The number of esters is 1. The highest BCUT2D eigenvalue weighted by atomic mass is 16.5. The van der Waals surface area contributed by atoms with E-state index in [1.54, 1.807) is 38.1 Å². The van der Waals surface area contributed by atoms with Gasteiger partial charge in [0, 0.05) is 6.42 Å². The summed E-state index contributed by atoms with van der Waals surface area (Å²) in [5.74, 6) is -1.79. The minimum Gasteiger partial charge on any atom is -0.467 e. The third-order valence-corrected chi connectivity index (χ3v) is 3.93. The summed E-state index contributed by atoms with van der Waals surface area (Å²) in [5.41, 5.74) is 6.24. The number of para-hydroxylation sites is 1. The summed E-state index contributed by atoms with van der Waals surface area (Å²) in [6.45, 7) is 3.58. The number of nitrogens with zero attached hydrogens (tertiary/aromatic N) is 2. The number of rotatable bonds is 6. The molecule has 0 radical (unpaired) electrons. The molecule has 0 bridgehead atoms. The Bertz CT molecular complexity index is 687. The topological polar surface area (TPSA) is 114 Å². The van der Waals surface area contributed by atoms with Crippen molar-refractivity contribution in [1.29, 1.82) is 0 Å². The molecular formula is C17H22N4O4. The van der Waals surface area contributed by atoms with Gasteiger partial charge in [-0.15, -0.1) is 0 Å². The van der Waals surface area contributed by atoms with E-state index >= 15 is 0 Å². The Labute approximate surface area is 146 Å². The molecule has 1 aliphatic rings. The molecule has 0 spiro atoms. The van der Waals surface area contributed by atoms with E-state index in [-0.39, 0.29) is 18.1 Å². The number of hydrazone groups is 1. The van der Waals surface area contributed by atoms with Gasteiger partial charge in [0.1, 0.15) is 17.8 Å². The van der Waals surface area contributed by atoms with Gasteiger partial charge in [0.15, 0.2) is 0 Å². The maximum Gasteiger partial charge on any atom is 0.328 e. The van der Waals surface area contributed by atoms with Crippen LogP contribution < -0.4 is 16.1 Å². The van der Waals surface area contributed by atoms with Crippen LogP contribution in [0, 0.1) is 5.92 Å². The van der Waals surface area contributed by atoms with Crippen LogP contribution >= 0.6 is 0 Å². The van der Waals surface area contributed by atoms with Crippen LogP contribution in [0.15, 0.2) is 35.4 Å². The van der Waals surface area contributed by atoms with Crippen molar-refractivity contribution in [2.24, 2.45) is 16.8 Å². The lowest BCUT2D eigenvalue weighted by atomic mass is 10.0. The molecule has 134 valence electrons. The molecule has 1 aliphatic heterocycles. The quantitative estimate of drug-likeness (QED) is 0.725. The van der Waals surface area contributed by atoms with Crippen molar-refractivity contribution < 1.29 is 19.1 Å². The van der Waals surface area contributed by atoms with Crippen LogP contribution in [-0.2, 0) is 19.1 Å². The highest BCUT2D eigenvalue weighted by Gasteiger charge is 2.36. The summed E-state index contributed by atoms with van der Waals surface area (Å²) in [5, 5.41) is 8.29. The SMILES string of the molecule is COC(=O)C(NC(=O)C1=NN(c2ccccc2)C(C(N)=O)C1)C(C)C. The lowest BCUT2D eigenvalue weighted by Crippen LogP contribution is -2.47. The molecule has 1 aromatic rings. The minimum atomic E-state index is -0.794. The van der Waals surface area contributed by atoms with Crippen molar-refractivity contribution >= 4 is 29.2 Å². The molecule has 0 saturated carbocycles. The van der Waals surface area contributed by atoms with Gasteiger partial charge in [-0.3, -0.25) is 14.6 Å². The van der Waals surface area contributed by atoms with Crippen molar-refractivity contribution in [3.05, 3.63) is 30.3 Å². The van der Waals surface area contributed by atoms with Gasteiger partial charge in [-0.05, 0) is 18.1 Å². The number of nitrogens with one attached hydrogen (secondary N) is 1. The Morgan fingerprint density at radius 2 is 1.92 bits per heavy atom. The number of hydrogen-bond acceptors (Lipinski definition) is 6. The molecule has 2 unspecified atom stereocenters. The molecule has 8 heteroatoms. The van der Waals surface area contributed by atoms with Gasteiger partial charge in [0.2, 0.25) is 5.91 Å². The zero-order chi connectivity index (χ0) is 18.6. The fourth-order valence-electron chi connectivity index (χ4n) is 2.54. The van der Waals surface area contributed by atoms with Gasteiger partial charge in [-0.25, -0.2) is 4.79 Å². The molecule has 8 nitrogen and oxygen atoms in total. The number of methoxy groups -OCH3 is 1. The van der Waals surface area contributed by atoms with E-state index in [9.17, 15) is 14.4 Å². The standard InChI is InChI=1S/C17H22N4O4/c1-10(2)14(17(24)25-3)19-16(23)12-9-13(15(18)22)21(20-12)11-7-5-4-6-8-11/h4-8,10,13-14H,9H2,1-3H3,(H2,18,22)(H,19,23). The zero-order valence-electron chi connectivity index (χ0n) is 14.4. The maximum absolute atomic E-state index is 12.5. The molecule has 2 rings (SSSR count). The first kappa shape index (κ1) is 18.4. The maximum atomic E-state index is 12.5. The zero-order valence-corrected chi connectivity index (χ0v) is 14.4. The van der Waals surface area contributed by atoms with E-state index in [1.807, 2.05) is 6.07 Å². The van der Waals surface area contributed by atoms with Crippen molar-refractivity contribution in [2.75, 3.05) is 12.1 Å². The number of carbonyl (C=O) groups excluding carboxylic acids is 3. The Kier molecular flexibility index (Phi) is 5.74. The highest BCUT2D eigenvalue weighted by Crippen LogP contribution is 2.24. The molecule has 0 saturated heterocycles. The lowest BCUT2D eigenvalue weighted by molar-refractivity contribution is -0.145. The Balaban J connectivity index is 2.22. The molecule has 0 aliphatic carbocycles. The summed E-state index contributed by atoms with van der Waals surface area (Å²) >= 11 is 0. The van der Waals surface area contributed by atoms with E-state index < -0.39 is 29.9 Å². The summed E-state index contributed by atoms with van der Waals surface area (Å²) in [4.78, 5) is 36.0. The predicted molar refractivity (Wildman–Crippen MR) is 92.7 cm³/mol. The van der Waals surface area contributed by atoms with Crippen LogP contribution in [0.2, 0.25) is 0 Å². The summed E-state index contributed by atoms with van der Waals surface area (Å²) in [7, 11) is 1.26. The first-order valence-electron chi connectivity index (χ1n) is 7.95. The lowest BCUT2D eigenvalue weighted by Gasteiger charge is -2.20. The van der Waals surface area contributed by atoms with Crippen molar-refractivity contribution in [3.63, 3.8) is 0 Å². The molecule has 0 fully saturated rings. The first-order chi connectivity index (χ1) is 11.8. The number of carbonyl (C=O) groups is 3. The Hall–Kier alpha value is -2.90. The number of primary amides is 1. The second kappa shape index (κ2) is 7.78. The summed E-state index contributed by atoms with van der Waals surface area (Å²) in [6, 6.07) is 7.42. The molecule has 3 N–H and O–H groups in total. The van der Waals surface area contributed by atoms with Gasteiger partial charge in [0.25, 0.3) is 5.91 Å². The van der Waals surface area contributed by atoms with E-state index in [0.717, 1.165) is 0 Å². The Morgan fingerprint density at radius 1 is 1.28 bits per heavy atom. The van der Waals surface area contributed by atoms with E-state index in [0.29, 0.717) is 5.69 Å². The number of nitrogens with two attached hydrogens (primary N) is 1. The smallest absolute Gasteiger partial charge is 0.328 e. The molecule has 0 aromatic heterocycles. The number of anilines is 1. The first-order valence-corrected chi connectivity index (χ1v) is 7.95. The van der Waals surface area contributed by atoms with Crippen LogP contribution in [0.25, 0.3) is 0 Å². The van der Waals surface area contributed by atoms with Crippen molar-refractivity contribution in [2.45, 2.75) is 32.4 Å². The van der Waals surface area contributed by atoms with Crippen LogP contribution in [0.1, 0.15) is 20.3 Å². The fourth-order valence-corrected chi connectivity index (χ4v) is 2.54. The van der Waals surface area contributed by atoms with Crippen LogP contribution in [0.5, 0.6) is 0 Å². The Morgan fingerprint density at radius 3 is 2.44 bits per heavy atom. The third kappa shape index (κ3) is 4.14. The molecule has 2 amide bonds. The average molecular weight is 346 g/mol. The number of hydrogen-bond donors (Lipinski definition) is 2. The summed E-state index contributed by atoms with van der Waals surface area (Å²) in [6.07, 6.45) is 0.0715. The molecule has 25 heavy (non-hydrogen) atoms. The van der Waals surface area contributed by atoms with Crippen LogP contribution in [0.4, 0.5) is 5.69 Å². The molecular weight excluding hydrogens is 324 g/mol. The summed E-state index contributed by atoms with van der Waals surface area (Å²) < 4.78 is 4.71. The van der Waals surface area contributed by atoms with Gasteiger partial charge in [-0.2, -0.15) is 5.10 Å². The van der Waals surface area contributed by atoms with Crippen LogP contribution in [0.3, 0.4) is 0 Å². The van der Waals surface area contributed by atoms with Crippen molar-refractivity contribution in [1.82, 2.24) is 5.32 Å². The number of amides is 2. The van der Waals surface area contributed by atoms with Crippen molar-refractivity contribution in [3.8, 4) is 0 Å². The van der Waals surface area contributed by atoms with Gasteiger partial charge >= 0.3 is 5.97 Å². The predicted octanol–water partition coefficient (Wildman–Crippen LogP) is 0.420. The second-order valence-corrected chi connectivity index (χ2v) is 6.07. The third-order valence-electron chi connectivity index (χ3n) is 3.93. The molecule has 1 heterocycles. The average Bonchev–Trinajstić information content (AvgIpc) is 3.05. The second-order valence-electron chi connectivity index (χ2n) is 6.07. The molecule has 1 aromatic carbocycles. The van der Waals surface area contributed by atoms with E-state index in [4.69, 9.17) is 10.5 Å². The minimum absolute atomic E-state index is 0.0715. The van der Waals surface area contributed by atoms with Gasteiger partial charge in [-0.1, -0.05) is 32.0 Å². The fraction of sp³-hybridized carbons (Fsp3) is 0.412. The van der Waals surface area contributed by atoms with Crippen LogP contribution in [-0.4, -0.2) is 42.7 Å². The normalized spacial score (nSPS) is 17.8. The van der Waals surface area contributed by atoms with Gasteiger partial charge in [0.05, 0.1) is 12.8 Å². The number of benzene rings is 1. The van der Waals surface area contributed by atoms with E-state index in [2.05, 4.69) is 10.4 Å². The van der Waals surface area contributed by atoms with Gasteiger partial charge < -0.3 is 15.8 Å². The largest absolute Gasteiger partial charge is 0.467 e. The van der Waals surface area contributed by atoms with E-state index in [1.165, 1.54) is 12.1 Å². The highest BCUT2D eigenvalue weighted by molar-refractivity contribution is 6.40. The monoisotopic (exact) mass is 346 g/mol. The molecule has 2 atom stereocenters.